The summed E-state index contributed by atoms with van der Waals surface area (Å²) in [5.41, 5.74) is 1.33. The van der Waals surface area contributed by atoms with E-state index in [0.717, 1.165) is 37.2 Å². The van der Waals surface area contributed by atoms with Crippen LogP contribution in [0.5, 0.6) is 0 Å². The molecule has 4 heterocycles. The third kappa shape index (κ3) is 4.21. The highest BCUT2D eigenvalue weighted by atomic mass is 35.5. The van der Waals surface area contributed by atoms with Gasteiger partial charge in [-0.1, -0.05) is 11.6 Å². The first kappa shape index (κ1) is 18.9. The van der Waals surface area contributed by atoms with E-state index in [4.69, 9.17) is 11.6 Å². The summed E-state index contributed by atoms with van der Waals surface area (Å²) in [4.78, 5) is 32.2. The van der Waals surface area contributed by atoms with Gasteiger partial charge in [0.25, 0.3) is 11.8 Å². The van der Waals surface area contributed by atoms with Crippen molar-refractivity contribution < 1.29 is 9.59 Å². The molecule has 1 atom stereocenters. The summed E-state index contributed by atoms with van der Waals surface area (Å²) in [7, 11) is 2.14. The lowest BCUT2D eigenvalue weighted by Gasteiger charge is -2.16. The maximum Gasteiger partial charge on any atom is 0.264 e. The van der Waals surface area contributed by atoms with Crippen LogP contribution in [-0.4, -0.2) is 60.9 Å². The molecule has 2 aromatic heterocycles. The summed E-state index contributed by atoms with van der Waals surface area (Å²) in [5.74, 6) is -0.0181. The lowest BCUT2D eigenvalue weighted by molar-refractivity contribution is 0.0788. The fraction of sp³-hybridized carbons (Fsp3) is 0.474. The molecular weight excluding hydrogens is 402 g/mol. The van der Waals surface area contributed by atoms with E-state index < -0.39 is 0 Å². The SMILES string of the molecule is CN1CCc2cc(C(=O)N3CC[C@@H](NC(=O)c4ccc(Cl)s4)C3)sc2CC1. The van der Waals surface area contributed by atoms with E-state index >= 15 is 0 Å². The first-order chi connectivity index (χ1) is 13.0. The Balaban J connectivity index is 1.37. The van der Waals surface area contributed by atoms with Crippen LogP contribution in [0.2, 0.25) is 4.34 Å². The second-order valence-corrected chi connectivity index (χ2v) is 10.0. The van der Waals surface area contributed by atoms with Crippen LogP contribution < -0.4 is 5.32 Å². The van der Waals surface area contributed by atoms with Crippen LogP contribution in [0.4, 0.5) is 0 Å². The number of hydrogen-bond acceptors (Lipinski definition) is 5. The number of nitrogens with zero attached hydrogens (tertiary/aromatic N) is 2. The Hall–Kier alpha value is -1.41. The molecule has 1 N–H and O–H groups in total. The molecule has 5 nitrogen and oxygen atoms in total. The Morgan fingerprint density at radius 1 is 1.15 bits per heavy atom. The summed E-state index contributed by atoms with van der Waals surface area (Å²) in [6.07, 6.45) is 2.82. The van der Waals surface area contributed by atoms with Crippen molar-refractivity contribution in [2.45, 2.75) is 25.3 Å². The maximum absolute atomic E-state index is 12.9. The third-order valence-electron chi connectivity index (χ3n) is 5.20. The van der Waals surface area contributed by atoms with Gasteiger partial charge in [-0.05, 0) is 50.1 Å². The number of fused-ring (bicyclic) bond motifs is 1. The van der Waals surface area contributed by atoms with Gasteiger partial charge in [0, 0.05) is 37.1 Å². The minimum atomic E-state index is -0.113. The van der Waals surface area contributed by atoms with Gasteiger partial charge < -0.3 is 15.1 Å². The molecule has 4 rings (SSSR count). The molecule has 27 heavy (non-hydrogen) atoms. The predicted molar refractivity (Wildman–Crippen MR) is 110 cm³/mol. The minimum absolute atomic E-state index is 0.00578. The fourth-order valence-electron chi connectivity index (χ4n) is 3.62. The fourth-order valence-corrected chi connectivity index (χ4v) is 5.74. The molecule has 2 aliphatic rings. The minimum Gasteiger partial charge on any atom is -0.347 e. The zero-order valence-corrected chi connectivity index (χ0v) is 17.6. The Morgan fingerprint density at radius 2 is 1.96 bits per heavy atom. The molecule has 0 aliphatic carbocycles. The zero-order valence-electron chi connectivity index (χ0n) is 15.2. The van der Waals surface area contributed by atoms with E-state index in [0.29, 0.717) is 22.3 Å². The van der Waals surface area contributed by atoms with Gasteiger partial charge in [-0.3, -0.25) is 9.59 Å². The van der Waals surface area contributed by atoms with Crippen LogP contribution in [0, 0.1) is 0 Å². The Kier molecular flexibility index (Phi) is 5.55. The lowest BCUT2D eigenvalue weighted by Crippen LogP contribution is -2.38. The summed E-state index contributed by atoms with van der Waals surface area (Å²) in [5, 5.41) is 3.02. The Bertz CT molecular complexity index is 838. The highest BCUT2D eigenvalue weighted by Crippen LogP contribution is 2.28. The lowest BCUT2D eigenvalue weighted by atomic mass is 10.1. The number of likely N-dealkylation sites (N-methyl/N-ethyl adjacent to an activating group) is 1. The molecule has 1 saturated heterocycles. The van der Waals surface area contributed by atoms with Gasteiger partial charge in [0.05, 0.1) is 14.1 Å². The van der Waals surface area contributed by atoms with Crippen LogP contribution in [0.15, 0.2) is 18.2 Å². The predicted octanol–water partition coefficient (Wildman–Crippen LogP) is 3.14. The van der Waals surface area contributed by atoms with Crippen LogP contribution in [-0.2, 0) is 12.8 Å². The van der Waals surface area contributed by atoms with E-state index in [-0.39, 0.29) is 17.9 Å². The highest BCUT2D eigenvalue weighted by Gasteiger charge is 2.30. The second-order valence-electron chi connectivity index (χ2n) is 7.18. The van der Waals surface area contributed by atoms with Gasteiger partial charge in [-0.25, -0.2) is 0 Å². The molecule has 0 spiro atoms. The highest BCUT2D eigenvalue weighted by molar-refractivity contribution is 7.18. The van der Waals surface area contributed by atoms with Gasteiger partial charge in [0.15, 0.2) is 0 Å². The van der Waals surface area contributed by atoms with E-state index in [9.17, 15) is 9.59 Å². The van der Waals surface area contributed by atoms with Crippen LogP contribution in [0.25, 0.3) is 0 Å². The second kappa shape index (κ2) is 7.91. The van der Waals surface area contributed by atoms with Gasteiger partial charge >= 0.3 is 0 Å². The van der Waals surface area contributed by atoms with Crippen LogP contribution >= 0.6 is 34.3 Å². The molecule has 0 saturated carbocycles. The quantitative estimate of drug-likeness (QED) is 0.825. The van der Waals surface area contributed by atoms with E-state index in [1.165, 1.54) is 21.8 Å². The van der Waals surface area contributed by atoms with Crippen molar-refractivity contribution in [2.75, 3.05) is 33.2 Å². The molecule has 0 radical (unpaired) electrons. The topological polar surface area (TPSA) is 52.7 Å². The summed E-state index contributed by atoms with van der Waals surface area (Å²) in [6.45, 7) is 3.34. The number of halogens is 1. The Labute approximate surface area is 171 Å². The van der Waals surface area contributed by atoms with Crippen molar-refractivity contribution in [1.29, 1.82) is 0 Å². The van der Waals surface area contributed by atoms with Crippen molar-refractivity contribution >= 4 is 46.1 Å². The molecule has 144 valence electrons. The number of carbonyl (C=O) groups is 2. The van der Waals surface area contributed by atoms with Crippen molar-refractivity contribution in [3.05, 3.63) is 42.7 Å². The molecule has 8 heteroatoms. The molecule has 2 amide bonds. The van der Waals surface area contributed by atoms with E-state index in [1.807, 2.05) is 4.90 Å². The van der Waals surface area contributed by atoms with E-state index in [2.05, 4.69) is 23.3 Å². The van der Waals surface area contributed by atoms with Crippen LogP contribution in [0.3, 0.4) is 0 Å². The number of thiophene rings is 2. The number of nitrogens with one attached hydrogen (secondary N) is 1. The van der Waals surface area contributed by atoms with Gasteiger partial charge in [0.2, 0.25) is 0 Å². The van der Waals surface area contributed by atoms with Gasteiger partial charge in [-0.2, -0.15) is 0 Å². The molecule has 0 unspecified atom stereocenters. The zero-order chi connectivity index (χ0) is 19.0. The van der Waals surface area contributed by atoms with Gasteiger partial charge in [-0.15, -0.1) is 22.7 Å². The van der Waals surface area contributed by atoms with Crippen molar-refractivity contribution in [3.8, 4) is 0 Å². The molecular formula is C19H22ClN3O2S2. The number of amides is 2. The molecule has 1 fully saturated rings. The molecule has 0 aromatic carbocycles. The summed E-state index contributed by atoms with van der Waals surface area (Å²) >= 11 is 8.81. The number of likely N-dealkylation sites (tertiary alicyclic amines) is 1. The number of hydrogen-bond donors (Lipinski definition) is 1. The van der Waals surface area contributed by atoms with Crippen molar-refractivity contribution in [3.63, 3.8) is 0 Å². The van der Waals surface area contributed by atoms with E-state index in [1.54, 1.807) is 23.5 Å². The van der Waals surface area contributed by atoms with Crippen molar-refractivity contribution in [1.82, 2.24) is 15.1 Å². The molecule has 2 aromatic rings. The van der Waals surface area contributed by atoms with Gasteiger partial charge in [0.1, 0.15) is 0 Å². The van der Waals surface area contributed by atoms with Crippen LogP contribution in [0.1, 0.15) is 36.2 Å². The van der Waals surface area contributed by atoms with Crippen molar-refractivity contribution in [2.24, 2.45) is 0 Å². The summed E-state index contributed by atoms with van der Waals surface area (Å²) < 4.78 is 0.604. The summed E-state index contributed by atoms with van der Waals surface area (Å²) in [6, 6.07) is 5.54. The average molecular weight is 424 g/mol. The third-order valence-corrected chi connectivity index (χ3v) is 7.65. The molecule has 2 aliphatic heterocycles. The maximum atomic E-state index is 12.9. The average Bonchev–Trinajstić information content (AvgIpc) is 3.35. The standard InChI is InChI=1S/C19H22ClN3O2S2/c1-22-7-4-12-10-16(26-14(12)6-8-22)19(25)23-9-5-13(11-23)21-18(24)15-2-3-17(20)27-15/h2-3,10,13H,4-9,11H2,1H3,(H,21,24)/t13-/m1/s1. The number of carbonyl (C=O) groups excluding carboxylic acids is 2. The molecule has 0 bridgehead atoms. The largest absolute Gasteiger partial charge is 0.347 e. The first-order valence-corrected chi connectivity index (χ1v) is 11.2. The normalized spacial score (nSPS) is 20.4. The smallest absolute Gasteiger partial charge is 0.264 e. The first-order valence-electron chi connectivity index (χ1n) is 9.15. The number of rotatable bonds is 3. The Morgan fingerprint density at radius 3 is 2.74 bits per heavy atom. The monoisotopic (exact) mass is 423 g/mol.